The van der Waals surface area contributed by atoms with Gasteiger partial charge in [-0.1, -0.05) is 54.4 Å². The number of aliphatic hydroxyl groups is 2. The molecule has 0 aromatic carbocycles. The van der Waals surface area contributed by atoms with Gasteiger partial charge in [0.25, 0.3) is 0 Å². The summed E-state index contributed by atoms with van der Waals surface area (Å²) in [5, 5.41) is 20.3. The average molecular weight is 413 g/mol. The Morgan fingerprint density at radius 2 is 1.41 bits per heavy atom. The highest BCUT2D eigenvalue weighted by molar-refractivity contribution is 4.88. The lowest BCUT2D eigenvalue weighted by Crippen LogP contribution is -2.42. The van der Waals surface area contributed by atoms with Crippen LogP contribution in [0.25, 0.3) is 0 Å². The summed E-state index contributed by atoms with van der Waals surface area (Å²) in [4.78, 5) is 0. The quantitative estimate of drug-likeness (QED) is 0.508. The minimum absolute atomic E-state index is 0.0325. The smallest absolute Gasteiger partial charge is 0.104 e. The molecule has 2 aliphatic carbocycles. The lowest BCUT2D eigenvalue weighted by atomic mass is 9.67. The van der Waals surface area contributed by atoms with E-state index in [2.05, 4.69) is 41.5 Å². The summed E-state index contributed by atoms with van der Waals surface area (Å²) in [5.74, 6) is 1.27. The van der Waals surface area contributed by atoms with Crippen LogP contribution in [0.15, 0.2) is 0 Å². The van der Waals surface area contributed by atoms with Gasteiger partial charge < -0.3 is 19.7 Å². The fraction of sp³-hybridized carbons (Fsp3) is 1.00. The van der Waals surface area contributed by atoms with Gasteiger partial charge >= 0.3 is 0 Å². The Kier molecular flexibility index (Phi) is 9.46. The SMILES string of the molecule is CC(C)C1(C)CCCC(OCC(O)C(CCO)OC2CCCC(C)(C(C)C)C2)C1. The molecule has 6 unspecified atom stereocenters. The maximum absolute atomic E-state index is 10.8. The lowest BCUT2D eigenvalue weighted by Gasteiger charge is -2.43. The summed E-state index contributed by atoms with van der Waals surface area (Å²) in [6.07, 6.45) is 8.94. The molecule has 2 rings (SSSR count). The van der Waals surface area contributed by atoms with Crippen LogP contribution in [0.3, 0.4) is 0 Å². The molecule has 0 saturated heterocycles. The summed E-state index contributed by atoms with van der Waals surface area (Å²) in [5.41, 5.74) is 0.635. The summed E-state index contributed by atoms with van der Waals surface area (Å²) in [6, 6.07) is 0. The second kappa shape index (κ2) is 10.9. The monoisotopic (exact) mass is 412 g/mol. The maximum Gasteiger partial charge on any atom is 0.104 e. The van der Waals surface area contributed by atoms with Crippen LogP contribution in [0.4, 0.5) is 0 Å². The van der Waals surface area contributed by atoms with Gasteiger partial charge in [0.05, 0.1) is 24.9 Å². The summed E-state index contributed by atoms with van der Waals surface area (Å²) < 4.78 is 12.5. The van der Waals surface area contributed by atoms with E-state index in [1.807, 2.05) is 0 Å². The Bertz CT molecular complexity index is 479. The minimum atomic E-state index is -0.679. The Morgan fingerprint density at radius 1 is 0.897 bits per heavy atom. The van der Waals surface area contributed by atoms with E-state index in [0.717, 1.165) is 25.7 Å². The van der Waals surface area contributed by atoms with Gasteiger partial charge in [-0.15, -0.1) is 0 Å². The third-order valence-electron chi connectivity index (χ3n) is 8.44. The zero-order valence-corrected chi connectivity index (χ0v) is 20.0. The molecule has 2 N–H and O–H groups in total. The standard InChI is InChI=1S/C25H48O4/c1-18(2)24(5)12-7-9-20(15-24)28-17-22(27)23(11-14-26)29-21-10-8-13-25(6,16-21)19(3)4/h18-23,26-27H,7-17H2,1-6H3. The fourth-order valence-corrected chi connectivity index (χ4v) is 5.29. The zero-order chi connectivity index (χ0) is 21.7. The lowest BCUT2D eigenvalue weighted by molar-refractivity contribution is -0.140. The van der Waals surface area contributed by atoms with Crippen molar-refractivity contribution in [1.82, 2.24) is 0 Å². The average Bonchev–Trinajstić information content (AvgIpc) is 2.66. The van der Waals surface area contributed by atoms with Gasteiger partial charge in [-0.05, 0) is 67.6 Å². The van der Waals surface area contributed by atoms with Crippen molar-refractivity contribution >= 4 is 0 Å². The van der Waals surface area contributed by atoms with Crippen molar-refractivity contribution in [3.63, 3.8) is 0 Å². The van der Waals surface area contributed by atoms with Gasteiger partial charge in [-0.25, -0.2) is 0 Å². The van der Waals surface area contributed by atoms with E-state index in [1.165, 1.54) is 25.7 Å². The molecule has 172 valence electrons. The summed E-state index contributed by atoms with van der Waals surface area (Å²) in [7, 11) is 0. The Labute approximate surface area is 179 Å². The largest absolute Gasteiger partial charge is 0.396 e. The first-order valence-electron chi connectivity index (χ1n) is 12.2. The molecule has 6 atom stereocenters. The van der Waals surface area contributed by atoms with Crippen LogP contribution in [0.2, 0.25) is 0 Å². The molecule has 0 aromatic heterocycles. The second-order valence-corrected chi connectivity index (χ2v) is 11.1. The van der Waals surface area contributed by atoms with Crippen molar-refractivity contribution in [1.29, 1.82) is 0 Å². The van der Waals surface area contributed by atoms with Crippen molar-refractivity contribution in [2.24, 2.45) is 22.7 Å². The van der Waals surface area contributed by atoms with Crippen LogP contribution in [0.1, 0.15) is 99.3 Å². The van der Waals surface area contributed by atoms with E-state index in [-0.39, 0.29) is 24.9 Å². The molecule has 0 bridgehead atoms. The second-order valence-electron chi connectivity index (χ2n) is 11.1. The summed E-state index contributed by atoms with van der Waals surface area (Å²) >= 11 is 0. The molecule has 29 heavy (non-hydrogen) atoms. The third kappa shape index (κ3) is 6.92. The van der Waals surface area contributed by atoms with Gasteiger partial charge in [0, 0.05) is 6.61 Å². The van der Waals surface area contributed by atoms with E-state index in [1.54, 1.807) is 0 Å². The molecule has 0 amide bonds. The fourth-order valence-electron chi connectivity index (χ4n) is 5.29. The van der Waals surface area contributed by atoms with Crippen LogP contribution in [0, 0.1) is 22.7 Å². The highest BCUT2D eigenvalue weighted by atomic mass is 16.5. The molecule has 0 spiro atoms. The van der Waals surface area contributed by atoms with Gasteiger partial charge in [-0.2, -0.15) is 0 Å². The molecule has 0 aromatic rings. The van der Waals surface area contributed by atoms with Crippen LogP contribution in [-0.4, -0.2) is 47.8 Å². The Hall–Kier alpha value is -0.160. The van der Waals surface area contributed by atoms with Crippen LogP contribution in [0.5, 0.6) is 0 Å². The highest BCUT2D eigenvalue weighted by Crippen LogP contribution is 2.44. The van der Waals surface area contributed by atoms with Crippen molar-refractivity contribution in [2.75, 3.05) is 13.2 Å². The molecular formula is C25H48O4. The number of aliphatic hydroxyl groups excluding tert-OH is 2. The van der Waals surface area contributed by atoms with Crippen molar-refractivity contribution in [3.05, 3.63) is 0 Å². The van der Waals surface area contributed by atoms with E-state index in [9.17, 15) is 10.2 Å². The molecule has 0 radical (unpaired) electrons. The van der Waals surface area contributed by atoms with E-state index in [0.29, 0.717) is 35.7 Å². The third-order valence-corrected chi connectivity index (χ3v) is 8.44. The van der Waals surface area contributed by atoms with Crippen molar-refractivity contribution in [3.8, 4) is 0 Å². The Morgan fingerprint density at radius 3 is 1.93 bits per heavy atom. The van der Waals surface area contributed by atoms with Crippen molar-refractivity contribution < 1.29 is 19.7 Å². The normalized spacial score (nSPS) is 35.8. The molecule has 0 aliphatic heterocycles. The molecule has 4 heteroatoms. The molecule has 2 fully saturated rings. The highest BCUT2D eigenvalue weighted by Gasteiger charge is 2.38. The number of hydrogen-bond acceptors (Lipinski definition) is 4. The van der Waals surface area contributed by atoms with Crippen LogP contribution in [-0.2, 0) is 9.47 Å². The topological polar surface area (TPSA) is 58.9 Å². The molecule has 2 aliphatic rings. The first kappa shape index (κ1) is 25.1. The molecule has 0 heterocycles. The zero-order valence-electron chi connectivity index (χ0n) is 20.0. The van der Waals surface area contributed by atoms with Gasteiger partial charge in [-0.3, -0.25) is 0 Å². The first-order valence-corrected chi connectivity index (χ1v) is 12.2. The van der Waals surface area contributed by atoms with E-state index in [4.69, 9.17) is 9.47 Å². The van der Waals surface area contributed by atoms with Crippen LogP contribution >= 0.6 is 0 Å². The maximum atomic E-state index is 10.8. The number of rotatable bonds is 10. The number of ether oxygens (including phenoxy) is 2. The minimum Gasteiger partial charge on any atom is -0.396 e. The molecular weight excluding hydrogens is 364 g/mol. The first-order chi connectivity index (χ1) is 13.6. The Balaban J connectivity index is 1.88. The van der Waals surface area contributed by atoms with E-state index < -0.39 is 6.10 Å². The van der Waals surface area contributed by atoms with Gasteiger partial charge in [0.1, 0.15) is 6.10 Å². The predicted octanol–water partition coefficient (Wildman–Crippen LogP) is 5.34. The van der Waals surface area contributed by atoms with Crippen LogP contribution < -0.4 is 0 Å². The summed E-state index contributed by atoms with van der Waals surface area (Å²) in [6.45, 7) is 14.3. The molecule has 2 saturated carbocycles. The van der Waals surface area contributed by atoms with Crippen molar-refractivity contribution in [2.45, 2.75) is 124 Å². The van der Waals surface area contributed by atoms with Gasteiger partial charge in [0.2, 0.25) is 0 Å². The number of hydrogen-bond donors (Lipinski definition) is 2. The molecule has 4 nitrogen and oxygen atoms in total. The van der Waals surface area contributed by atoms with Gasteiger partial charge in [0.15, 0.2) is 0 Å². The van der Waals surface area contributed by atoms with E-state index >= 15 is 0 Å². The predicted molar refractivity (Wildman–Crippen MR) is 119 cm³/mol.